The van der Waals surface area contributed by atoms with E-state index < -0.39 is 0 Å². The van der Waals surface area contributed by atoms with Crippen LogP contribution >= 0.6 is 0 Å². The maximum atomic E-state index is 3.64. The summed E-state index contributed by atoms with van der Waals surface area (Å²) >= 11 is 0. The fraction of sp³-hybridized carbons (Fsp3) is 0.625. The van der Waals surface area contributed by atoms with Crippen LogP contribution < -0.4 is 10.6 Å². The first-order chi connectivity index (χ1) is 8.56. The van der Waals surface area contributed by atoms with E-state index in [9.17, 15) is 0 Å². The summed E-state index contributed by atoms with van der Waals surface area (Å²) in [6.45, 7) is 10.1. The van der Waals surface area contributed by atoms with Gasteiger partial charge in [0.05, 0.1) is 0 Å². The number of likely N-dealkylation sites (N-methyl/N-ethyl adjacent to an activating group) is 1. The highest BCUT2D eigenvalue weighted by Gasteiger charge is 2.27. The molecule has 2 nitrogen and oxygen atoms in total. The Morgan fingerprint density at radius 3 is 2.22 bits per heavy atom. The molecule has 0 aromatic heterocycles. The normalized spacial score (nSPS) is 21.3. The van der Waals surface area contributed by atoms with Gasteiger partial charge in [-0.3, -0.25) is 0 Å². The molecular weight excluding hydrogens is 220 g/mol. The lowest BCUT2D eigenvalue weighted by atomic mass is 9.86. The summed E-state index contributed by atoms with van der Waals surface area (Å²) in [5.74, 6) is 0. The molecule has 1 aromatic carbocycles. The van der Waals surface area contributed by atoms with Gasteiger partial charge in [-0.15, -0.1) is 0 Å². The molecule has 0 amide bonds. The van der Waals surface area contributed by atoms with Gasteiger partial charge < -0.3 is 10.6 Å². The summed E-state index contributed by atoms with van der Waals surface area (Å²) in [5, 5.41) is 7.17. The fourth-order valence-electron chi connectivity index (χ4n) is 3.26. The van der Waals surface area contributed by atoms with Crippen molar-refractivity contribution in [2.24, 2.45) is 0 Å². The maximum Gasteiger partial charge on any atom is 0.0478 e. The van der Waals surface area contributed by atoms with Gasteiger partial charge in [0.25, 0.3) is 0 Å². The van der Waals surface area contributed by atoms with Gasteiger partial charge in [-0.25, -0.2) is 0 Å². The van der Waals surface area contributed by atoms with Gasteiger partial charge in [-0.2, -0.15) is 0 Å². The molecule has 0 bridgehead atoms. The number of hydrogen-bond donors (Lipinski definition) is 2. The third-order valence-corrected chi connectivity index (χ3v) is 4.55. The van der Waals surface area contributed by atoms with Gasteiger partial charge >= 0.3 is 0 Å². The standard InChI is InChI=1S/C16H26N2/c1-10-9-11(2)13(4)15(12(10)3)16(17-5)14-7-6-8-18-14/h9,14,16-18H,6-8H2,1-5H3. The van der Waals surface area contributed by atoms with Gasteiger partial charge in [0.15, 0.2) is 0 Å². The van der Waals surface area contributed by atoms with Crippen LogP contribution in [0.5, 0.6) is 0 Å². The lowest BCUT2D eigenvalue weighted by molar-refractivity contribution is 0.437. The highest BCUT2D eigenvalue weighted by molar-refractivity contribution is 5.46. The second-order valence-corrected chi connectivity index (χ2v) is 5.64. The second kappa shape index (κ2) is 5.41. The second-order valence-electron chi connectivity index (χ2n) is 5.64. The van der Waals surface area contributed by atoms with Crippen molar-refractivity contribution in [3.05, 3.63) is 33.9 Å². The minimum absolute atomic E-state index is 0.436. The Morgan fingerprint density at radius 2 is 1.78 bits per heavy atom. The molecule has 1 aliphatic rings. The van der Waals surface area contributed by atoms with Crippen LogP contribution in [0.1, 0.15) is 46.7 Å². The van der Waals surface area contributed by atoms with Gasteiger partial charge in [0.2, 0.25) is 0 Å². The van der Waals surface area contributed by atoms with Crippen LogP contribution in [0.15, 0.2) is 6.07 Å². The number of benzene rings is 1. The van der Waals surface area contributed by atoms with Crippen molar-refractivity contribution in [3.63, 3.8) is 0 Å². The Morgan fingerprint density at radius 1 is 1.17 bits per heavy atom. The topological polar surface area (TPSA) is 24.1 Å². The van der Waals surface area contributed by atoms with E-state index in [0.29, 0.717) is 12.1 Å². The number of nitrogens with one attached hydrogen (secondary N) is 2. The number of hydrogen-bond acceptors (Lipinski definition) is 2. The zero-order valence-corrected chi connectivity index (χ0v) is 12.4. The minimum Gasteiger partial charge on any atom is -0.312 e. The van der Waals surface area contributed by atoms with Gasteiger partial charge in [-0.05, 0) is 81.9 Å². The van der Waals surface area contributed by atoms with E-state index in [0.717, 1.165) is 6.54 Å². The molecule has 18 heavy (non-hydrogen) atoms. The van der Waals surface area contributed by atoms with E-state index in [1.807, 2.05) is 0 Å². The average molecular weight is 246 g/mol. The van der Waals surface area contributed by atoms with Crippen molar-refractivity contribution in [1.82, 2.24) is 10.6 Å². The monoisotopic (exact) mass is 246 g/mol. The summed E-state index contributed by atoms with van der Waals surface area (Å²) in [6.07, 6.45) is 2.57. The fourth-order valence-corrected chi connectivity index (χ4v) is 3.26. The van der Waals surface area contributed by atoms with Crippen molar-refractivity contribution < 1.29 is 0 Å². The molecule has 100 valence electrons. The lowest BCUT2D eigenvalue weighted by Gasteiger charge is -2.28. The van der Waals surface area contributed by atoms with Crippen molar-refractivity contribution in [1.29, 1.82) is 0 Å². The molecule has 2 rings (SSSR count). The van der Waals surface area contributed by atoms with E-state index >= 15 is 0 Å². The molecule has 2 heteroatoms. The Balaban J connectivity index is 2.47. The summed E-state index contributed by atoms with van der Waals surface area (Å²) < 4.78 is 0. The lowest BCUT2D eigenvalue weighted by Crippen LogP contribution is -2.37. The van der Waals surface area contributed by atoms with Gasteiger partial charge in [-0.1, -0.05) is 6.07 Å². The zero-order chi connectivity index (χ0) is 13.3. The first kappa shape index (κ1) is 13.6. The molecule has 1 heterocycles. The Bertz CT molecular complexity index is 405. The van der Waals surface area contributed by atoms with E-state index in [-0.39, 0.29) is 0 Å². The molecule has 1 aromatic rings. The van der Waals surface area contributed by atoms with Crippen molar-refractivity contribution >= 4 is 0 Å². The Hall–Kier alpha value is -0.860. The average Bonchev–Trinajstić information content (AvgIpc) is 2.85. The van der Waals surface area contributed by atoms with E-state index in [1.165, 1.54) is 40.7 Å². The van der Waals surface area contributed by atoms with Crippen LogP contribution in [0.2, 0.25) is 0 Å². The molecule has 1 aliphatic heterocycles. The molecule has 0 spiro atoms. The summed E-state index contributed by atoms with van der Waals surface area (Å²) in [4.78, 5) is 0. The van der Waals surface area contributed by atoms with Crippen LogP contribution in [-0.4, -0.2) is 19.6 Å². The minimum atomic E-state index is 0.436. The van der Waals surface area contributed by atoms with Crippen LogP contribution in [0, 0.1) is 27.7 Å². The van der Waals surface area contributed by atoms with Crippen molar-refractivity contribution in [3.8, 4) is 0 Å². The maximum absolute atomic E-state index is 3.64. The Labute approximate surface area is 111 Å². The molecule has 1 fully saturated rings. The third-order valence-electron chi connectivity index (χ3n) is 4.55. The third kappa shape index (κ3) is 2.32. The smallest absolute Gasteiger partial charge is 0.0478 e. The highest BCUT2D eigenvalue weighted by Crippen LogP contribution is 2.31. The Kier molecular flexibility index (Phi) is 4.08. The van der Waals surface area contributed by atoms with Gasteiger partial charge in [0, 0.05) is 12.1 Å². The van der Waals surface area contributed by atoms with Crippen molar-refractivity contribution in [2.45, 2.75) is 52.6 Å². The molecule has 2 atom stereocenters. The molecule has 2 N–H and O–H groups in total. The molecular formula is C16H26N2. The molecule has 0 aliphatic carbocycles. The van der Waals surface area contributed by atoms with Crippen LogP contribution in [0.4, 0.5) is 0 Å². The quantitative estimate of drug-likeness (QED) is 0.857. The zero-order valence-electron chi connectivity index (χ0n) is 12.4. The summed E-state index contributed by atoms with van der Waals surface area (Å²) in [5.41, 5.74) is 7.23. The van der Waals surface area contributed by atoms with E-state index in [4.69, 9.17) is 0 Å². The highest BCUT2D eigenvalue weighted by atomic mass is 15.0. The van der Waals surface area contributed by atoms with Crippen LogP contribution in [-0.2, 0) is 0 Å². The van der Waals surface area contributed by atoms with E-state index in [2.05, 4.69) is 51.4 Å². The SMILES string of the molecule is CNC(c1c(C)c(C)cc(C)c1C)C1CCCN1. The van der Waals surface area contributed by atoms with E-state index in [1.54, 1.807) is 0 Å². The predicted octanol–water partition coefficient (Wildman–Crippen LogP) is 2.93. The molecule has 1 saturated heterocycles. The number of aryl methyl sites for hydroxylation is 2. The predicted molar refractivity (Wildman–Crippen MR) is 78.2 cm³/mol. The van der Waals surface area contributed by atoms with Gasteiger partial charge in [0.1, 0.15) is 0 Å². The van der Waals surface area contributed by atoms with Crippen LogP contribution in [0.25, 0.3) is 0 Å². The first-order valence-electron chi connectivity index (χ1n) is 7.04. The van der Waals surface area contributed by atoms with Crippen LogP contribution in [0.3, 0.4) is 0 Å². The summed E-state index contributed by atoms with van der Waals surface area (Å²) in [6, 6.07) is 3.32. The molecule has 0 radical (unpaired) electrons. The molecule has 2 unspecified atom stereocenters. The largest absolute Gasteiger partial charge is 0.312 e. The van der Waals surface area contributed by atoms with Crippen molar-refractivity contribution in [2.75, 3.05) is 13.6 Å². The number of rotatable bonds is 3. The molecule has 0 saturated carbocycles. The summed E-state index contributed by atoms with van der Waals surface area (Å²) in [7, 11) is 2.08. The first-order valence-corrected chi connectivity index (χ1v) is 7.04.